The van der Waals surface area contributed by atoms with Gasteiger partial charge in [-0.05, 0) is 38.2 Å². The lowest BCUT2D eigenvalue weighted by atomic mass is 9.97. The van der Waals surface area contributed by atoms with Crippen LogP contribution >= 0.6 is 0 Å². The fourth-order valence-corrected chi connectivity index (χ4v) is 3.31. The van der Waals surface area contributed by atoms with Crippen LogP contribution in [0.15, 0.2) is 12.1 Å². The number of carbonyl (C=O) groups excluding carboxylic acids is 1. The second-order valence-electron chi connectivity index (χ2n) is 6.69. The van der Waals surface area contributed by atoms with Crippen LogP contribution in [0.2, 0.25) is 0 Å². The normalized spacial score (nSPS) is 15.9. The Morgan fingerprint density at radius 2 is 1.92 bits per heavy atom. The van der Waals surface area contributed by atoms with Crippen molar-refractivity contribution in [1.82, 2.24) is 0 Å². The van der Waals surface area contributed by atoms with Gasteiger partial charge in [0.25, 0.3) is 5.91 Å². The Morgan fingerprint density at radius 3 is 2.52 bits per heavy atom. The van der Waals surface area contributed by atoms with Crippen molar-refractivity contribution in [2.45, 2.75) is 57.9 Å². The molecule has 1 aromatic carbocycles. The van der Waals surface area contributed by atoms with Gasteiger partial charge in [0.1, 0.15) is 0 Å². The van der Waals surface area contributed by atoms with Crippen LogP contribution in [0.3, 0.4) is 0 Å². The van der Waals surface area contributed by atoms with Crippen molar-refractivity contribution in [2.24, 2.45) is 0 Å². The van der Waals surface area contributed by atoms with Gasteiger partial charge < -0.3 is 15.4 Å². The Morgan fingerprint density at radius 1 is 1.28 bits per heavy atom. The fourth-order valence-electron chi connectivity index (χ4n) is 3.31. The highest BCUT2D eigenvalue weighted by Gasteiger charge is 2.20. The molecular weight excluding hydrogens is 322 g/mol. The second-order valence-corrected chi connectivity index (χ2v) is 6.69. The molecule has 1 aliphatic carbocycles. The summed E-state index contributed by atoms with van der Waals surface area (Å²) >= 11 is 0. The van der Waals surface area contributed by atoms with E-state index in [-0.39, 0.29) is 17.3 Å². The van der Waals surface area contributed by atoms with Crippen LogP contribution in [0.4, 0.5) is 11.4 Å². The first-order chi connectivity index (χ1) is 12.0. The summed E-state index contributed by atoms with van der Waals surface area (Å²) in [6.45, 7) is 2.10. The number of nitrogens with one attached hydrogen (secondary N) is 1. The first kappa shape index (κ1) is 19.2. The van der Waals surface area contributed by atoms with Gasteiger partial charge in [0.2, 0.25) is 0 Å². The molecule has 1 saturated carbocycles. The highest BCUT2D eigenvalue weighted by Crippen LogP contribution is 2.32. The van der Waals surface area contributed by atoms with Crippen LogP contribution in [-0.2, 0) is 4.79 Å². The number of nitrogens with two attached hydrogens (primary N) is 1. The third-order valence-corrected chi connectivity index (χ3v) is 4.78. The van der Waals surface area contributed by atoms with E-state index in [9.17, 15) is 14.9 Å². The molecule has 0 saturated heterocycles. The molecule has 25 heavy (non-hydrogen) atoms. The minimum absolute atomic E-state index is 0.0962. The zero-order chi connectivity index (χ0) is 18.2. The Labute approximate surface area is 148 Å². The summed E-state index contributed by atoms with van der Waals surface area (Å²) in [5.41, 5.74) is 1.10. The van der Waals surface area contributed by atoms with Gasteiger partial charge in [-0.25, -0.2) is 0 Å². The van der Waals surface area contributed by atoms with Crippen molar-refractivity contribution >= 4 is 17.3 Å². The van der Waals surface area contributed by atoms with Crippen molar-refractivity contribution < 1.29 is 19.8 Å². The van der Waals surface area contributed by atoms with E-state index in [4.69, 9.17) is 4.74 Å². The highest BCUT2D eigenvalue weighted by atomic mass is 16.6. The first-order valence-electron chi connectivity index (χ1n) is 8.97. The van der Waals surface area contributed by atoms with Crippen LogP contribution in [0, 0.1) is 17.0 Å². The Balaban J connectivity index is 1.94. The van der Waals surface area contributed by atoms with Gasteiger partial charge in [0.05, 0.1) is 18.1 Å². The topological polar surface area (TPSA) is 98.1 Å². The number of nitro benzene ring substituents is 1. The Kier molecular flexibility index (Phi) is 7.18. The molecule has 0 atom stereocenters. The maximum absolute atomic E-state index is 12.3. The minimum Gasteiger partial charge on any atom is -0.490 e. The van der Waals surface area contributed by atoms with E-state index in [1.807, 2.05) is 0 Å². The van der Waals surface area contributed by atoms with E-state index in [0.717, 1.165) is 12.8 Å². The van der Waals surface area contributed by atoms with Crippen molar-refractivity contribution in [2.75, 3.05) is 19.0 Å². The molecule has 3 N–H and O–H groups in total. The average Bonchev–Trinajstić information content (AvgIpc) is 2.55. The summed E-state index contributed by atoms with van der Waals surface area (Å²) in [4.78, 5) is 22.8. The smallest absolute Gasteiger partial charge is 0.311 e. The molecule has 1 aromatic rings. The summed E-state index contributed by atoms with van der Waals surface area (Å²) in [6.07, 6.45) is 8.71. The number of ether oxygens (including phenoxy) is 1. The van der Waals surface area contributed by atoms with E-state index in [1.165, 1.54) is 51.3 Å². The monoisotopic (exact) mass is 350 g/mol. The largest absolute Gasteiger partial charge is 0.490 e. The zero-order valence-corrected chi connectivity index (χ0v) is 15.0. The lowest BCUT2D eigenvalue weighted by Gasteiger charge is -2.18. The standard InChI is InChI=1S/C18H27N3O4/c1-13-10-16(21(23)24)17(25-2)11-15(13)20-18(22)12-19-14-8-6-4-3-5-7-9-14/h10-11,14,19H,3-9,12H2,1-2H3,(H,20,22)/p+1. The molecule has 1 aliphatic rings. The molecule has 0 aliphatic heterocycles. The molecule has 0 aromatic heterocycles. The van der Waals surface area contributed by atoms with E-state index >= 15 is 0 Å². The average molecular weight is 350 g/mol. The summed E-state index contributed by atoms with van der Waals surface area (Å²) in [7, 11) is 1.38. The van der Waals surface area contributed by atoms with Crippen LogP contribution in [0.1, 0.15) is 50.5 Å². The van der Waals surface area contributed by atoms with Crippen LogP contribution in [0.5, 0.6) is 5.75 Å². The second kappa shape index (κ2) is 9.36. The maximum Gasteiger partial charge on any atom is 0.311 e. The molecular formula is C18H28N3O4+. The lowest BCUT2D eigenvalue weighted by Crippen LogP contribution is -2.91. The van der Waals surface area contributed by atoms with E-state index in [2.05, 4.69) is 10.6 Å². The fraction of sp³-hybridized carbons (Fsp3) is 0.611. The third kappa shape index (κ3) is 5.70. The van der Waals surface area contributed by atoms with Crippen molar-refractivity contribution in [3.63, 3.8) is 0 Å². The number of hydrogen-bond acceptors (Lipinski definition) is 4. The van der Waals surface area contributed by atoms with E-state index < -0.39 is 4.92 Å². The Bertz CT molecular complexity index is 611. The molecule has 1 fully saturated rings. The lowest BCUT2D eigenvalue weighted by molar-refractivity contribution is -0.680. The first-order valence-corrected chi connectivity index (χ1v) is 8.97. The van der Waals surface area contributed by atoms with Gasteiger partial charge in [0, 0.05) is 17.8 Å². The zero-order valence-electron chi connectivity index (χ0n) is 15.0. The quantitative estimate of drug-likeness (QED) is 0.608. The molecule has 7 nitrogen and oxygen atoms in total. The maximum atomic E-state index is 12.3. The number of carbonyl (C=O) groups is 1. The SMILES string of the molecule is COc1cc(NC(=O)C[NH2+]C2CCCCCCC2)c(C)cc1[N+](=O)[O-]. The number of anilines is 1. The van der Waals surface area contributed by atoms with Gasteiger partial charge in [-0.2, -0.15) is 0 Å². The van der Waals surface area contributed by atoms with Gasteiger partial charge in [-0.1, -0.05) is 19.3 Å². The van der Waals surface area contributed by atoms with Crippen LogP contribution < -0.4 is 15.4 Å². The summed E-state index contributed by atoms with van der Waals surface area (Å²) in [6, 6.07) is 3.45. The van der Waals surface area contributed by atoms with Gasteiger partial charge in [0.15, 0.2) is 12.3 Å². The van der Waals surface area contributed by atoms with Crippen LogP contribution in [0.25, 0.3) is 0 Å². The third-order valence-electron chi connectivity index (χ3n) is 4.78. The minimum atomic E-state index is -0.486. The number of nitro groups is 1. The molecule has 7 heteroatoms. The molecule has 2 rings (SSSR count). The molecule has 0 bridgehead atoms. The number of amides is 1. The highest BCUT2D eigenvalue weighted by molar-refractivity contribution is 5.92. The molecule has 1 amide bonds. The Hall–Kier alpha value is -2.15. The number of quaternary nitrogens is 1. The van der Waals surface area contributed by atoms with Crippen LogP contribution in [-0.4, -0.2) is 30.5 Å². The number of rotatable bonds is 6. The molecule has 0 radical (unpaired) electrons. The van der Waals surface area contributed by atoms with Crippen molar-refractivity contribution in [3.05, 3.63) is 27.8 Å². The van der Waals surface area contributed by atoms with E-state index in [0.29, 0.717) is 23.8 Å². The molecule has 0 unspecified atom stereocenters. The van der Waals surface area contributed by atoms with Crippen molar-refractivity contribution in [3.8, 4) is 5.75 Å². The van der Waals surface area contributed by atoms with E-state index in [1.54, 1.807) is 6.92 Å². The predicted molar refractivity (Wildman–Crippen MR) is 95.9 cm³/mol. The molecule has 0 heterocycles. The van der Waals surface area contributed by atoms with Gasteiger partial charge in [-0.3, -0.25) is 14.9 Å². The predicted octanol–water partition coefficient (Wildman–Crippen LogP) is 2.53. The van der Waals surface area contributed by atoms with Gasteiger partial charge >= 0.3 is 5.69 Å². The number of benzene rings is 1. The summed E-state index contributed by atoms with van der Waals surface area (Å²) in [5, 5.41) is 16.0. The number of methoxy groups -OCH3 is 1. The number of nitrogens with zero attached hydrogens (tertiary/aromatic N) is 1. The van der Waals surface area contributed by atoms with Crippen molar-refractivity contribution in [1.29, 1.82) is 0 Å². The molecule has 138 valence electrons. The summed E-state index contributed by atoms with van der Waals surface area (Å²) < 4.78 is 5.06. The number of aryl methyl sites for hydroxylation is 1. The molecule has 0 spiro atoms. The van der Waals surface area contributed by atoms with Gasteiger partial charge in [-0.15, -0.1) is 0 Å². The summed E-state index contributed by atoms with van der Waals surface area (Å²) in [5.74, 6) is 0.0518. The number of hydrogen-bond donors (Lipinski definition) is 2.